The first-order chi connectivity index (χ1) is 12.6. The van der Waals surface area contributed by atoms with Crippen LogP contribution in [0.25, 0.3) is 0 Å². The number of esters is 1. The van der Waals surface area contributed by atoms with Crippen molar-refractivity contribution in [2.24, 2.45) is 0 Å². The molecule has 9 nitrogen and oxygen atoms in total. The quantitative estimate of drug-likeness (QED) is 0.401. The van der Waals surface area contributed by atoms with Crippen LogP contribution in [0.15, 0.2) is 18.2 Å². The zero-order valence-electron chi connectivity index (χ0n) is 14.8. The fourth-order valence-electron chi connectivity index (χ4n) is 2.71. The normalized spacial score (nSPS) is 11.7. The maximum atomic E-state index is 13.7. The molecule has 1 amide bonds. The van der Waals surface area contributed by atoms with Crippen molar-refractivity contribution < 1.29 is 28.7 Å². The Morgan fingerprint density at radius 3 is 2.63 bits per heavy atom. The molecule has 1 aromatic carbocycles. The number of nitro benzene ring substituents is 1. The summed E-state index contributed by atoms with van der Waals surface area (Å²) in [6, 6.07) is 2.67. The van der Waals surface area contributed by atoms with Crippen LogP contribution in [0.3, 0.4) is 0 Å². The number of ether oxygens (including phenoxy) is 1. The van der Waals surface area contributed by atoms with Crippen LogP contribution in [-0.4, -0.2) is 33.5 Å². The van der Waals surface area contributed by atoms with Crippen molar-refractivity contribution in [1.82, 2.24) is 4.98 Å². The van der Waals surface area contributed by atoms with Gasteiger partial charge in [-0.25, -0.2) is 9.18 Å². The fraction of sp³-hybridized carbons (Fsp3) is 0.294. The van der Waals surface area contributed by atoms with Gasteiger partial charge in [-0.1, -0.05) is 0 Å². The van der Waals surface area contributed by atoms with Gasteiger partial charge in [0, 0.05) is 23.4 Å². The Morgan fingerprint density at radius 2 is 2.07 bits per heavy atom. The van der Waals surface area contributed by atoms with E-state index in [0.29, 0.717) is 16.8 Å². The number of hydrogen-bond acceptors (Lipinski definition) is 6. The van der Waals surface area contributed by atoms with Crippen molar-refractivity contribution >= 4 is 23.3 Å². The number of aromatic nitrogens is 1. The molecule has 0 bridgehead atoms. The molecule has 0 unspecified atom stereocenters. The third kappa shape index (κ3) is 4.47. The Balaban J connectivity index is 2.04. The van der Waals surface area contributed by atoms with Crippen LogP contribution in [-0.2, 0) is 9.53 Å². The van der Waals surface area contributed by atoms with Crippen molar-refractivity contribution in [2.75, 3.05) is 11.9 Å². The highest BCUT2D eigenvalue weighted by Gasteiger charge is 2.22. The third-order valence-corrected chi connectivity index (χ3v) is 3.89. The lowest BCUT2D eigenvalue weighted by atomic mass is 10.1. The molecular formula is C17H18FN3O6. The summed E-state index contributed by atoms with van der Waals surface area (Å²) in [5.41, 5.74) is 0.957. The minimum absolute atomic E-state index is 0.0951. The third-order valence-electron chi connectivity index (χ3n) is 3.89. The number of aryl methyl sites for hydroxylation is 1. The van der Waals surface area contributed by atoms with E-state index in [4.69, 9.17) is 4.74 Å². The molecular weight excluding hydrogens is 361 g/mol. The minimum Gasteiger partial charge on any atom is -0.451 e. The molecule has 0 aliphatic carbocycles. The molecule has 0 spiro atoms. The summed E-state index contributed by atoms with van der Waals surface area (Å²) in [6.45, 7) is 4.14. The van der Waals surface area contributed by atoms with Gasteiger partial charge in [-0.3, -0.25) is 14.9 Å². The smallest absolute Gasteiger partial charge is 0.355 e. The van der Waals surface area contributed by atoms with E-state index in [1.165, 1.54) is 0 Å². The van der Waals surface area contributed by atoms with Gasteiger partial charge in [-0.15, -0.1) is 0 Å². The van der Waals surface area contributed by atoms with Gasteiger partial charge in [-0.05, 0) is 32.4 Å². The Bertz CT molecular complexity index is 906. The van der Waals surface area contributed by atoms with Gasteiger partial charge in [0.2, 0.25) is 0 Å². The SMILES string of the molecule is Cc1[nH]c(C(=O)OCC(=O)Nc2cc([N+](=O)[O-])ccc2F)c(C)c1[C@@H](C)O. The molecule has 0 saturated carbocycles. The molecule has 27 heavy (non-hydrogen) atoms. The topological polar surface area (TPSA) is 135 Å². The minimum atomic E-state index is -0.863. The second-order valence-electron chi connectivity index (χ2n) is 5.89. The van der Waals surface area contributed by atoms with Gasteiger partial charge in [0.05, 0.1) is 16.7 Å². The second-order valence-corrected chi connectivity index (χ2v) is 5.89. The summed E-state index contributed by atoms with van der Waals surface area (Å²) in [7, 11) is 0. The number of amides is 1. The van der Waals surface area contributed by atoms with Crippen LogP contribution in [0.1, 0.15) is 40.3 Å². The summed E-state index contributed by atoms with van der Waals surface area (Å²) in [6.07, 6.45) is -0.789. The Labute approximate surface area is 153 Å². The number of non-ortho nitro benzene ring substituents is 1. The van der Waals surface area contributed by atoms with Gasteiger partial charge in [0.1, 0.15) is 11.5 Å². The van der Waals surface area contributed by atoms with E-state index >= 15 is 0 Å². The lowest BCUT2D eigenvalue weighted by molar-refractivity contribution is -0.384. The van der Waals surface area contributed by atoms with Crippen molar-refractivity contribution in [3.8, 4) is 0 Å². The van der Waals surface area contributed by atoms with Crippen LogP contribution >= 0.6 is 0 Å². The number of carbonyl (C=O) groups is 2. The zero-order chi connectivity index (χ0) is 20.3. The number of aromatic amines is 1. The molecule has 2 rings (SSSR count). The number of hydrogen-bond donors (Lipinski definition) is 3. The predicted octanol–water partition coefficient (Wildman–Crippen LogP) is 2.53. The van der Waals surface area contributed by atoms with Crippen LogP contribution < -0.4 is 5.32 Å². The fourth-order valence-corrected chi connectivity index (χ4v) is 2.71. The number of nitro groups is 1. The molecule has 0 saturated heterocycles. The predicted molar refractivity (Wildman–Crippen MR) is 92.9 cm³/mol. The molecule has 1 heterocycles. The van der Waals surface area contributed by atoms with Crippen LogP contribution in [0.5, 0.6) is 0 Å². The summed E-state index contributed by atoms with van der Waals surface area (Å²) in [4.78, 5) is 36.8. The van der Waals surface area contributed by atoms with Gasteiger partial charge in [0.25, 0.3) is 11.6 Å². The van der Waals surface area contributed by atoms with Gasteiger partial charge in [-0.2, -0.15) is 0 Å². The number of aliphatic hydroxyl groups is 1. The number of nitrogens with zero attached hydrogens (tertiary/aromatic N) is 1. The molecule has 10 heteroatoms. The molecule has 1 aromatic heterocycles. The summed E-state index contributed by atoms with van der Waals surface area (Å²) in [5.74, 6) is -2.55. The average Bonchev–Trinajstić information content (AvgIpc) is 2.89. The molecule has 2 aromatic rings. The molecule has 3 N–H and O–H groups in total. The first kappa shape index (κ1) is 20.0. The van der Waals surface area contributed by atoms with E-state index < -0.39 is 46.7 Å². The molecule has 0 fully saturated rings. The molecule has 0 radical (unpaired) electrons. The average molecular weight is 379 g/mol. The van der Waals surface area contributed by atoms with Crippen LogP contribution in [0.4, 0.5) is 15.8 Å². The van der Waals surface area contributed by atoms with Crippen molar-refractivity contribution in [3.05, 3.63) is 56.6 Å². The maximum Gasteiger partial charge on any atom is 0.355 e. The number of H-pyrrole nitrogens is 1. The van der Waals surface area contributed by atoms with Crippen molar-refractivity contribution in [1.29, 1.82) is 0 Å². The lowest BCUT2D eigenvalue weighted by Gasteiger charge is -2.08. The Kier molecular flexibility index (Phi) is 5.91. The number of anilines is 1. The number of rotatable bonds is 6. The molecule has 1 atom stereocenters. The first-order valence-corrected chi connectivity index (χ1v) is 7.89. The van der Waals surface area contributed by atoms with E-state index in [1.54, 1.807) is 20.8 Å². The van der Waals surface area contributed by atoms with Crippen molar-refractivity contribution in [3.63, 3.8) is 0 Å². The highest BCUT2D eigenvalue weighted by Crippen LogP contribution is 2.25. The number of halogens is 1. The summed E-state index contributed by atoms with van der Waals surface area (Å²) < 4.78 is 18.5. The number of nitrogens with one attached hydrogen (secondary N) is 2. The highest BCUT2D eigenvalue weighted by molar-refractivity contribution is 5.95. The van der Waals surface area contributed by atoms with Crippen LogP contribution in [0.2, 0.25) is 0 Å². The Hall–Kier alpha value is -3.27. The molecule has 0 aliphatic rings. The highest BCUT2D eigenvalue weighted by atomic mass is 19.1. The Morgan fingerprint density at radius 1 is 1.41 bits per heavy atom. The number of benzene rings is 1. The largest absolute Gasteiger partial charge is 0.451 e. The standard InChI is InChI=1S/C17H18FN3O6/c1-8-15(10(3)22)9(2)19-16(8)17(24)27-7-14(23)20-13-6-11(21(25)26)4-5-12(13)18/h4-6,10,19,22H,7H2,1-3H3,(H,20,23)/t10-/m1/s1. The first-order valence-electron chi connectivity index (χ1n) is 7.89. The van der Waals surface area contributed by atoms with Gasteiger partial charge < -0.3 is 20.1 Å². The van der Waals surface area contributed by atoms with Crippen molar-refractivity contribution in [2.45, 2.75) is 26.9 Å². The van der Waals surface area contributed by atoms with E-state index in [1.807, 2.05) is 0 Å². The zero-order valence-corrected chi connectivity index (χ0v) is 14.8. The van der Waals surface area contributed by atoms with E-state index in [0.717, 1.165) is 18.2 Å². The van der Waals surface area contributed by atoms with E-state index in [2.05, 4.69) is 10.3 Å². The van der Waals surface area contributed by atoms with E-state index in [-0.39, 0.29) is 5.69 Å². The number of carbonyl (C=O) groups excluding carboxylic acids is 2. The van der Waals surface area contributed by atoms with Gasteiger partial charge >= 0.3 is 5.97 Å². The summed E-state index contributed by atoms with van der Waals surface area (Å²) >= 11 is 0. The summed E-state index contributed by atoms with van der Waals surface area (Å²) in [5, 5.41) is 22.6. The second kappa shape index (κ2) is 7.96. The van der Waals surface area contributed by atoms with Gasteiger partial charge in [0.15, 0.2) is 6.61 Å². The van der Waals surface area contributed by atoms with E-state index in [9.17, 15) is 29.2 Å². The maximum absolute atomic E-state index is 13.7. The molecule has 144 valence electrons. The monoisotopic (exact) mass is 379 g/mol. The van der Waals surface area contributed by atoms with Crippen LogP contribution in [0, 0.1) is 29.8 Å². The number of aliphatic hydroxyl groups excluding tert-OH is 1. The molecule has 0 aliphatic heterocycles. The lowest BCUT2D eigenvalue weighted by Crippen LogP contribution is -2.22.